The number of hydrogen-bond donors (Lipinski definition) is 2. The number of hydrogen-bond acceptors (Lipinski definition) is 3. The van der Waals surface area contributed by atoms with Crippen LogP contribution in [0.4, 0.5) is 0 Å². The van der Waals surface area contributed by atoms with Crippen molar-refractivity contribution < 1.29 is 14.0 Å². The van der Waals surface area contributed by atoms with Gasteiger partial charge in [0.15, 0.2) is 0 Å². The standard InChI is InChI=1S/C18H17N3O3/c1-12-10-16(13(2)21(12)15-6-4-3-5-7-15)18(23)20-19-17(22)14-8-9-24-11-14/h3-11H,1-2H3,(H,19,22)(H,20,23). The minimum atomic E-state index is -0.436. The Morgan fingerprint density at radius 2 is 1.71 bits per heavy atom. The van der Waals surface area contributed by atoms with E-state index in [1.54, 1.807) is 6.07 Å². The summed E-state index contributed by atoms with van der Waals surface area (Å²) >= 11 is 0. The lowest BCUT2D eigenvalue weighted by Crippen LogP contribution is -2.41. The van der Waals surface area contributed by atoms with Gasteiger partial charge >= 0.3 is 0 Å². The minimum Gasteiger partial charge on any atom is -0.472 e. The van der Waals surface area contributed by atoms with E-state index in [1.165, 1.54) is 18.6 Å². The number of nitrogens with zero attached hydrogens (tertiary/aromatic N) is 1. The van der Waals surface area contributed by atoms with E-state index in [1.807, 2.05) is 48.7 Å². The van der Waals surface area contributed by atoms with Crippen molar-refractivity contribution in [3.63, 3.8) is 0 Å². The average molecular weight is 323 g/mol. The molecule has 2 aromatic heterocycles. The summed E-state index contributed by atoms with van der Waals surface area (Å²) in [4.78, 5) is 24.2. The zero-order valence-corrected chi connectivity index (χ0v) is 13.4. The second-order valence-electron chi connectivity index (χ2n) is 5.38. The molecule has 0 saturated carbocycles. The van der Waals surface area contributed by atoms with Crippen LogP contribution < -0.4 is 10.9 Å². The Bertz CT molecular complexity index is 865. The number of aromatic nitrogens is 1. The van der Waals surface area contributed by atoms with Gasteiger partial charge in [0.25, 0.3) is 11.8 Å². The highest BCUT2D eigenvalue weighted by Crippen LogP contribution is 2.20. The van der Waals surface area contributed by atoms with Crippen LogP contribution in [0.3, 0.4) is 0 Å². The zero-order chi connectivity index (χ0) is 17.1. The molecule has 3 rings (SSSR count). The van der Waals surface area contributed by atoms with Crippen molar-refractivity contribution in [1.82, 2.24) is 15.4 Å². The molecule has 0 unspecified atom stereocenters. The third-order valence-electron chi connectivity index (χ3n) is 3.76. The van der Waals surface area contributed by atoms with Gasteiger partial charge in [0.2, 0.25) is 0 Å². The molecular weight excluding hydrogens is 306 g/mol. The van der Waals surface area contributed by atoms with Crippen LogP contribution in [0.5, 0.6) is 0 Å². The summed E-state index contributed by atoms with van der Waals surface area (Å²) in [6.45, 7) is 3.80. The highest BCUT2D eigenvalue weighted by atomic mass is 16.3. The first-order chi connectivity index (χ1) is 11.6. The van der Waals surface area contributed by atoms with Crippen molar-refractivity contribution >= 4 is 11.8 Å². The molecule has 0 fully saturated rings. The van der Waals surface area contributed by atoms with E-state index in [9.17, 15) is 9.59 Å². The summed E-state index contributed by atoms with van der Waals surface area (Å²) in [6, 6.07) is 13.1. The summed E-state index contributed by atoms with van der Waals surface area (Å²) < 4.78 is 6.83. The maximum atomic E-state index is 12.4. The molecule has 2 N–H and O–H groups in total. The molecule has 3 aromatic rings. The average Bonchev–Trinajstić information content (AvgIpc) is 3.21. The van der Waals surface area contributed by atoms with E-state index in [-0.39, 0.29) is 5.91 Å². The maximum Gasteiger partial charge on any atom is 0.272 e. The predicted octanol–water partition coefficient (Wildman–Crippen LogP) is 2.76. The molecule has 6 nitrogen and oxygen atoms in total. The van der Waals surface area contributed by atoms with Crippen molar-refractivity contribution in [3.8, 4) is 5.69 Å². The second-order valence-corrected chi connectivity index (χ2v) is 5.38. The van der Waals surface area contributed by atoms with E-state index in [0.717, 1.165) is 17.1 Å². The number of carbonyl (C=O) groups is 2. The van der Waals surface area contributed by atoms with Gasteiger partial charge in [-0.25, -0.2) is 0 Å². The number of amides is 2. The third-order valence-corrected chi connectivity index (χ3v) is 3.76. The lowest BCUT2D eigenvalue weighted by atomic mass is 10.2. The first-order valence-corrected chi connectivity index (χ1v) is 7.45. The molecule has 0 aliphatic carbocycles. The number of nitrogens with one attached hydrogen (secondary N) is 2. The lowest BCUT2D eigenvalue weighted by Gasteiger charge is -2.10. The van der Waals surface area contributed by atoms with Crippen LogP contribution in [0.1, 0.15) is 32.1 Å². The first kappa shape index (κ1) is 15.6. The van der Waals surface area contributed by atoms with Crippen LogP contribution >= 0.6 is 0 Å². The van der Waals surface area contributed by atoms with Gasteiger partial charge in [-0.05, 0) is 38.1 Å². The van der Waals surface area contributed by atoms with E-state index < -0.39 is 5.91 Å². The minimum absolute atomic E-state index is 0.338. The highest BCUT2D eigenvalue weighted by Gasteiger charge is 2.17. The topological polar surface area (TPSA) is 76.3 Å². The molecule has 0 spiro atoms. The summed E-state index contributed by atoms with van der Waals surface area (Å²) in [5.41, 5.74) is 8.35. The summed E-state index contributed by atoms with van der Waals surface area (Å²) in [5, 5.41) is 0. The number of aryl methyl sites for hydroxylation is 1. The lowest BCUT2D eigenvalue weighted by molar-refractivity contribution is 0.0846. The number of hydrazine groups is 1. The van der Waals surface area contributed by atoms with E-state index in [4.69, 9.17) is 4.42 Å². The molecule has 1 aromatic carbocycles. The van der Waals surface area contributed by atoms with Gasteiger partial charge in [-0.15, -0.1) is 0 Å². The number of rotatable bonds is 3. The number of para-hydroxylation sites is 1. The molecule has 0 saturated heterocycles. The van der Waals surface area contributed by atoms with E-state index in [2.05, 4.69) is 10.9 Å². The predicted molar refractivity (Wildman–Crippen MR) is 88.9 cm³/mol. The fourth-order valence-corrected chi connectivity index (χ4v) is 2.61. The molecule has 24 heavy (non-hydrogen) atoms. The van der Waals surface area contributed by atoms with Gasteiger partial charge < -0.3 is 8.98 Å². The van der Waals surface area contributed by atoms with Gasteiger partial charge in [-0.1, -0.05) is 18.2 Å². The van der Waals surface area contributed by atoms with Crippen LogP contribution in [0.15, 0.2) is 59.4 Å². The Kier molecular flexibility index (Phi) is 4.20. The molecule has 0 aliphatic heterocycles. The molecule has 122 valence electrons. The smallest absolute Gasteiger partial charge is 0.272 e. The third kappa shape index (κ3) is 2.94. The van der Waals surface area contributed by atoms with Crippen LogP contribution in [0.25, 0.3) is 5.69 Å². The quantitative estimate of drug-likeness (QED) is 0.728. The molecule has 2 amide bonds. The summed E-state index contributed by atoms with van der Waals surface area (Å²) in [6.07, 6.45) is 2.70. The van der Waals surface area contributed by atoms with Crippen LogP contribution in [0.2, 0.25) is 0 Å². The van der Waals surface area contributed by atoms with Crippen molar-refractivity contribution in [2.75, 3.05) is 0 Å². The number of benzene rings is 1. The van der Waals surface area contributed by atoms with Crippen LogP contribution in [-0.2, 0) is 0 Å². The van der Waals surface area contributed by atoms with Gasteiger partial charge in [0, 0.05) is 17.1 Å². The van der Waals surface area contributed by atoms with E-state index >= 15 is 0 Å². The van der Waals surface area contributed by atoms with E-state index in [0.29, 0.717) is 11.1 Å². The largest absolute Gasteiger partial charge is 0.472 e. The Hall–Kier alpha value is -3.28. The van der Waals surface area contributed by atoms with Crippen molar-refractivity contribution in [2.24, 2.45) is 0 Å². The second kappa shape index (κ2) is 6.45. The first-order valence-electron chi connectivity index (χ1n) is 7.45. The summed E-state index contributed by atoms with van der Waals surface area (Å²) in [7, 11) is 0. The number of furan rings is 1. The molecule has 2 heterocycles. The Labute approximate surface area is 139 Å². The van der Waals surface area contributed by atoms with Gasteiger partial charge in [-0.2, -0.15) is 0 Å². The molecule has 0 aliphatic rings. The Balaban J connectivity index is 1.78. The monoisotopic (exact) mass is 323 g/mol. The summed E-state index contributed by atoms with van der Waals surface area (Å²) in [5.74, 6) is -0.809. The molecule has 0 atom stereocenters. The van der Waals surface area contributed by atoms with Crippen molar-refractivity contribution in [2.45, 2.75) is 13.8 Å². The van der Waals surface area contributed by atoms with Crippen LogP contribution in [0, 0.1) is 13.8 Å². The Morgan fingerprint density at radius 1 is 1.00 bits per heavy atom. The molecular formula is C18H17N3O3. The van der Waals surface area contributed by atoms with Crippen molar-refractivity contribution in [3.05, 3.63) is 77.5 Å². The van der Waals surface area contributed by atoms with Crippen LogP contribution in [-0.4, -0.2) is 16.4 Å². The SMILES string of the molecule is Cc1cc(C(=O)NNC(=O)c2ccoc2)c(C)n1-c1ccccc1. The maximum absolute atomic E-state index is 12.4. The molecule has 0 radical (unpaired) electrons. The fraction of sp³-hybridized carbons (Fsp3) is 0.111. The fourth-order valence-electron chi connectivity index (χ4n) is 2.61. The molecule has 6 heteroatoms. The molecule has 0 bridgehead atoms. The van der Waals surface area contributed by atoms with Gasteiger partial charge in [-0.3, -0.25) is 20.4 Å². The normalized spacial score (nSPS) is 10.4. The van der Waals surface area contributed by atoms with Crippen molar-refractivity contribution in [1.29, 1.82) is 0 Å². The highest BCUT2D eigenvalue weighted by molar-refractivity contribution is 5.99. The Morgan fingerprint density at radius 3 is 2.38 bits per heavy atom. The van der Waals surface area contributed by atoms with Gasteiger partial charge in [0.1, 0.15) is 6.26 Å². The van der Waals surface area contributed by atoms with Gasteiger partial charge in [0.05, 0.1) is 17.4 Å². The zero-order valence-electron chi connectivity index (χ0n) is 13.4. The number of carbonyl (C=O) groups excluding carboxylic acids is 2.